The van der Waals surface area contributed by atoms with E-state index in [1.165, 1.54) is 0 Å². The van der Waals surface area contributed by atoms with Crippen molar-refractivity contribution in [3.05, 3.63) is 0 Å². The second kappa shape index (κ2) is 5.55. The van der Waals surface area contributed by atoms with Gasteiger partial charge in [-0.25, -0.2) is 4.79 Å². The number of ether oxygens (including phenoxy) is 1. The maximum Gasteiger partial charge on any atom is 0.407 e. The minimum Gasteiger partial charge on any atom is -0.481 e. The van der Waals surface area contributed by atoms with Crippen LogP contribution in [0.1, 0.15) is 27.2 Å². The Kier molecular flexibility index (Phi) is 5.07. The molecule has 0 aromatic heterocycles. The van der Waals surface area contributed by atoms with Gasteiger partial charge in [0, 0.05) is 12.6 Å². The van der Waals surface area contributed by atoms with Crippen LogP contribution in [0.4, 0.5) is 4.79 Å². The number of aliphatic carboxylic acids is 1. The first-order valence-electron chi connectivity index (χ1n) is 4.65. The lowest BCUT2D eigenvalue weighted by atomic mass is 10.2. The van der Waals surface area contributed by atoms with Crippen molar-refractivity contribution < 1.29 is 19.4 Å². The number of carbonyl (C=O) groups excluding carboxylic acids is 1. The fourth-order valence-corrected chi connectivity index (χ4v) is 0.825. The van der Waals surface area contributed by atoms with Crippen LogP contribution < -0.4 is 11.1 Å². The number of carboxylic acids is 1. The zero-order chi connectivity index (χ0) is 12.1. The quantitative estimate of drug-likeness (QED) is 0.630. The lowest BCUT2D eigenvalue weighted by Gasteiger charge is -2.20. The molecular weight excluding hydrogens is 200 g/mol. The van der Waals surface area contributed by atoms with Crippen molar-refractivity contribution in [2.75, 3.05) is 6.54 Å². The van der Waals surface area contributed by atoms with Gasteiger partial charge in [0.2, 0.25) is 0 Å². The van der Waals surface area contributed by atoms with Crippen molar-refractivity contribution in [3.8, 4) is 0 Å². The number of alkyl carbamates (subject to hydrolysis) is 1. The predicted molar refractivity (Wildman–Crippen MR) is 54.5 cm³/mol. The van der Waals surface area contributed by atoms with Crippen LogP contribution in [-0.2, 0) is 9.53 Å². The SMILES string of the molecule is CC(C)(C)OC(=O)NC[C@H](N)CC(=O)O. The molecule has 88 valence electrons. The van der Waals surface area contributed by atoms with Gasteiger partial charge < -0.3 is 20.9 Å². The summed E-state index contributed by atoms with van der Waals surface area (Å²) in [6.45, 7) is 5.30. The molecule has 0 bridgehead atoms. The molecule has 0 aromatic rings. The van der Waals surface area contributed by atoms with Crippen LogP contribution in [0.5, 0.6) is 0 Å². The Hall–Kier alpha value is -1.30. The van der Waals surface area contributed by atoms with E-state index >= 15 is 0 Å². The Morgan fingerprint density at radius 2 is 2.00 bits per heavy atom. The number of rotatable bonds is 4. The first-order valence-corrected chi connectivity index (χ1v) is 4.65. The normalized spacial score (nSPS) is 13.1. The Bertz CT molecular complexity index is 235. The number of hydrogen-bond donors (Lipinski definition) is 3. The molecule has 0 spiro atoms. The van der Waals surface area contributed by atoms with Crippen molar-refractivity contribution in [3.63, 3.8) is 0 Å². The number of nitrogens with one attached hydrogen (secondary N) is 1. The van der Waals surface area contributed by atoms with Gasteiger partial charge in [-0.3, -0.25) is 4.79 Å². The smallest absolute Gasteiger partial charge is 0.407 e. The number of carbonyl (C=O) groups is 2. The summed E-state index contributed by atoms with van der Waals surface area (Å²) in [5.41, 5.74) is 4.87. The molecule has 0 rings (SSSR count). The van der Waals surface area contributed by atoms with Gasteiger partial charge in [-0.15, -0.1) is 0 Å². The van der Waals surface area contributed by atoms with Crippen molar-refractivity contribution in [1.82, 2.24) is 5.32 Å². The minimum absolute atomic E-state index is 0.0845. The van der Waals surface area contributed by atoms with Gasteiger partial charge in [-0.2, -0.15) is 0 Å². The zero-order valence-electron chi connectivity index (χ0n) is 9.24. The standard InChI is InChI=1S/C9H18N2O4/c1-9(2,3)15-8(14)11-5-6(10)4-7(12)13/h6H,4-5,10H2,1-3H3,(H,11,14)(H,12,13)/t6-/m1/s1. The molecule has 6 nitrogen and oxygen atoms in total. The molecule has 6 heteroatoms. The molecule has 0 fully saturated rings. The van der Waals surface area contributed by atoms with Gasteiger partial charge in [0.05, 0.1) is 6.42 Å². The molecule has 0 aromatic carbocycles. The Morgan fingerprint density at radius 1 is 1.47 bits per heavy atom. The monoisotopic (exact) mass is 218 g/mol. The summed E-state index contributed by atoms with van der Waals surface area (Å²) in [7, 11) is 0. The first kappa shape index (κ1) is 13.7. The van der Waals surface area contributed by atoms with E-state index in [4.69, 9.17) is 15.6 Å². The van der Waals surface area contributed by atoms with Gasteiger partial charge in [-0.1, -0.05) is 0 Å². The third-order valence-electron chi connectivity index (χ3n) is 1.34. The Morgan fingerprint density at radius 3 is 2.40 bits per heavy atom. The highest BCUT2D eigenvalue weighted by atomic mass is 16.6. The van der Waals surface area contributed by atoms with E-state index in [1.54, 1.807) is 20.8 Å². The first-order chi connectivity index (χ1) is 6.70. The van der Waals surface area contributed by atoms with Gasteiger partial charge in [0.25, 0.3) is 0 Å². The fourth-order valence-electron chi connectivity index (χ4n) is 0.825. The molecule has 1 amide bonds. The second-order valence-corrected chi connectivity index (χ2v) is 4.24. The topological polar surface area (TPSA) is 102 Å². The molecule has 1 atom stereocenters. The van der Waals surface area contributed by atoms with E-state index in [0.29, 0.717) is 0 Å². The summed E-state index contributed by atoms with van der Waals surface area (Å²) >= 11 is 0. The number of carboxylic acid groups (broad SMARTS) is 1. The van der Waals surface area contributed by atoms with E-state index in [-0.39, 0.29) is 13.0 Å². The summed E-state index contributed by atoms with van der Waals surface area (Å²) in [5.74, 6) is -0.992. The molecule has 0 saturated carbocycles. The van der Waals surface area contributed by atoms with Crippen LogP contribution in [0.2, 0.25) is 0 Å². The predicted octanol–water partition coefficient (Wildman–Crippen LogP) is 0.313. The lowest BCUT2D eigenvalue weighted by molar-refractivity contribution is -0.137. The maximum atomic E-state index is 11.1. The number of hydrogen-bond acceptors (Lipinski definition) is 4. The fraction of sp³-hybridized carbons (Fsp3) is 0.778. The molecule has 0 aliphatic heterocycles. The molecule has 4 N–H and O–H groups in total. The average Bonchev–Trinajstić information content (AvgIpc) is 1.96. The molecule has 0 heterocycles. The third kappa shape index (κ3) is 9.01. The molecular formula is C9H18N2O4. The second-order valence-electron chi connectivity index (χ2n) is 4.24. The molecule has 0 radical (unpaired) electrons. The lowest BCUT2D eigenvalue weighted by Crippen LogP contribution is -2.41. The van der Waals surface area contributed by atoms with Crippen molar-refractivity contribution in [2.24, 2.45) is 5.73 Å². The van der Waals surface area contributed by atoms with Crippen molar-refractivity contribution in [1.29, 1.82) is 0 Å². The summed E-state index contributed by atoms with van der Waals surface area (Å²) in [4.78, 5) is 21.4. The van der Waals surface area contributed by atoms with Crippen LogP contribution in [0.3, 0.4) is 0 Å². The highest BCUT2D eigenvalue weighted by Gasteiger charge is 2.17. The molecule has 15 heavy (non-hydrogen) atoms. The third-order valence-corrected chi connectivity index (χ3v) is 1.34. The summed E-state index contributed by atoms with van der Waals surface area (Å²) in [6, 6.07) is -0.602. The molecule has 0 aliphatic carbocycles. The van der Waals surface area contributed by atoms with Gasteiger partial charge >= 0.3 is 12.1 Å². The van der Waals surface area contributed by atoms with Crippen LogP contribution in [-0.4, -0.2) is 35.4 Å². The summed E-state index contributed by atoms with van der Waals surface area (Å²) in [6.07, 6.45) is -0.779. The van der Waals surface area contributed by atoms with Gasteiger partial charge in [0.1, 0.15) is 5.60 Å². The van der Waals surface area contributed by atoms with E-state index in [0.717, 1.165) is 0 Å². The van der Waals surface area contributed by atoms with Gasteiger partial charge in [-0.05, 0) is 20.8 Å². The zero-order valence-corrected chi connectivity index (χ0v) is 9.24. The van der Waals surface area contributed by atoms with E-state index in [9.17, 15) is 9.59 Å². The number of nitrogens with two attached hydrogens (primary N) is 1. The highest BCUT2D eigenvalue weighted by Crippen LogP contribution is 2.06. The number of amides is 1. The Balaban J connectivity index is 3.76. The largest absolute Gasteiger partial charge is 0.481 e. The van der Waals surface area contributed by atoms with Crippen LogP contribution in [0.25, 0.3) is 0 Å². The average molecular weight is 218 g/mol. The summed E-state index contributed by atoms with van der Waals surface area (Å²) < 4.78 is 4.94. The molecule has 0 unspecified atom stereocenters. The Labute approximate surface area is 88.8 Å². The summed E-state index contributed by atoms with van der Waals surface area (Å²) in [5, 5.41) is 10.8. The van der Waals surface area contributed by atoms with Crippen molar-refractivity contribution in [2.45, 2.75) is 38.8 Å². The molecule has 0 saturated heterocycles. The van der Waals surface area contributed by atoms with Crippen LogP contribution in [0, 0.1) is 0 Å². The minimum atomic E-state index is -0.992. The maximum absolute atomic E-state index is 11.1. The van der Waals surface area contributed by atoms with E-state index < -0.39 is 23.7 Å². The van der Waals surface area contributed by atoms with Crippen LogP contribution >= 0.6 is 0 Å². The van der Waals surface area contributed by atoms with Crippen molar-refractivity contribution >= 4 is 12.1 Å². The van der Waals surface area contributed by atoms with Gasteiger partial charge in [0.15, 0.2) is 0 Å². The highest BCUT2D eigenvalue weighted by molar-refractivity contribution is 5.69. The molecule has 0 aliphatic rings. The van der Waals surface area contributed by atoms with E-state index in [1.807, 2.05) is 0 Å². The van der Waals surface area contributed by atoms with Crippen LogP contribution in [0.15, 0.2) is 0 Å². The van der Waals surface area contributed by atoms with E-state index in [2.05, 4.69) is 5.32 Å².